The van der Waals surface area contributed by atoms with E-state index in [1.165, 1.54) is 0 Å². The number of hydrogen-bond acceptors (Lipinski definition) is 2. The van der Waals surface area contributed by atoms with Gasteiger partial charge in [-0.05, 0) is 44.0 Å². The summed E-state index contributed by atoms with van der Waals surface area (Å²) in [6.07, 6.45) is 1.60. The van der Waals surface area contributed by atoms with Gasteiger partial charge >= 0.3 is 0 Å². The first-order valence-electron chi connectivity index (χ1n) is 4.93. The van der Waals surface area contributed by atoms with Crippen molar-refractivity contribution in [3.8, 4) is 5.75 Å². The van der Waals surface area contributed by atoms with Crippen molar-refractivity contribution >= 4 is 5.57 Å². The second-order valence-electron chi connectivity index (χ2n) is 3.34. The minimum atomic E-state index is -0.232. The van der Waals surface area contributed by atoms with Crippen LogP contribution >= 0.6 is 0 Å². The lowest BCUT2D eigenvalue weighted by molar-refractivity contribution is -0.0382. The zero-order valence-electron chi connectivity index (χ0n) is 9.49. The van der Waals surface area contributed by atoms with Crippen LogP contribution in [0.4, 0.5) is 0 Å². The second-order valence-corrected chi connectivity index (χ2v) is 3.34. The standard InChI is InChI=1S/C13H17O2/c1-5-10(2)12-7-6-8-13(9-12)15-11(3)14-4/h5-9,11H,1H2,2-4H3/b10-5-. The van der Waals surface area contributed by atoms with Crippen LogP contribution in [0.5, 0.6) is 5.75 Å². The molecule has 2 heteroatoms. The van der Waals surface area contributed by atoms with Gasteiger partial charge in [-0.1, -0.05) is 18.2 Å². The predicted molar refractivity (Wildman–Crippen MR) is 62.5 cm³/mol. The molecule has 0 N–H and O–H groups in total. The maximum absolute atomic E-state index is 5.53. The Morgan fingerprint density at radius 3 is 2.80 bits per heavy atom. The third-order valence-electron chi connectivity index (χ3n) is 2.23. The first-order valence-corrected chi connectivity index (χ1v) is 4.93. The lowest BCUT2D eigenvalue weighted by Gasteiger charge is -2.13. The average Bonchev–Trinajstić information content (AvgIpc) is 2.28. The van der Waals surface area contributed by atoms with Gasteiger partial charge in [0.25, 0.3) is 0 Å². The van der Waals surface area contributed by atoms with E-state index in [4.69, 9.17) is 9.47 Å². The van der Waals surface area contributed by atoms with Gasteiger partial charge in [0.2, 0.25) is 0 Å². The fourth-order valence-electron chi connectivity index (χ4n) is 1.17. The number of methoxy groups -OCH3 is 1. The van der Waals surface area contributed by atoms with Gasteiger partial charge in [0.1, 0.15) is 5.75 Å². The summed E-state index contributed by atoms with van der Waals surface area (Å²) in [6.45, 7) is 7.62. The van der Waals surface area contributed by atoms with Gasteiger partial charge in [-0.15, -0.1) is 0 Å². The highest BCUT2D eigenvalue weighted by molar-refractivity contribution is 5.65. The molecule has 0 aliphatic carbocycles. The summed E-state index contributed by atoms with van der Waals surface area (Å²) in [7, 11) is 1.62. The minimum absolute atomic E-state index is 0.232. The molecule has 1 atom stereocenters. The molecule has 1 aromatic rings. The molecule has 0 fully saturated rings. The van der Waals surface area contributed by atoms with Crippen molar-refractivity contribution in [3.05, 3.63) is 42.8 Å². The molecule has 0 amide bonds. The van der Waals surface area contributed by atoms with Crippen molar-refractivity contribution in [3.63, 3.8) is 0 Å². The molecule has 0 spiro atoms. The number of benzene rings is 1. The molecule has 0 saturated heterocycles. The van der Waals surface area contributed by atoms with E-state index in [2.05, 4.69) is 6.92 Å². The molecular formula is C13H17O2. The fraction of sp³-hybridized carbons (Fsp3) is 0.308. The highest BCUT2D eigenvalue weighted by Crippen LogP contribution is 2.20. The molecule has 0 aliphatic heterocycles. The Balaban J connectivity index is 2.83. The molecule has 81 valence electrons. The van der Waals surface area contributed by atoms with E-state index < -0.39 is 0 Å². The first-order chi connectivity index (χ1) is 7.17. The van der Waals surface area contributed by atoms with Gasteiger partial charge in [0, 0.05) is 7.11 Å². The van der Waals surface area contributed by atoms with Crippen LogP contribution in [-0.4, -0.2) is 13.4 Å². The van der Waals surface area contributed by atoms with E-state index in [-0.39, 0.29) is 6.29 Å². The molecule has 1 aromatic carbocycles. The minimum Gasteiger partial charge on any atom is -0.465 e. The van der Waals surface area contributed by atoms with Crippen molar-refractivity contribution in [1.82, 2.24) is 0 Å². The van der Waals surface area contributed by atoms with Crippen molar-refractivity contribution in [2.75, 3.05) is 7.11 Å². The van der Waals surface area contributed by atoms with Crippen LogP contribution in [-0.2, 0) is 4.74 Å². The topological polar surface area (TPSA) is 18.5 Å². The van der Waals surface area contributed by atoms with Crippen LogP contribution in [0.15, 0.2) is 30.3 Å². The molecule has 0 heterocycles. The Hall–Kier alpha value is -1.28. The maximum Gasteiger partial charge on any atom is 0.196 e. The summed E-state index contributed by atoms with van der Waals surface area (Å²) < 4.78 is 10.6. The van der Waals surface area contributed by atoms with Crippen LogP contribution in [0, 0.1) is 6.92 Å². The molecule has 2 nitrogen and oxygen atoms in total. The van der Waals surface area contributed by atoms with Gasteiger partial charge in [-0.2, -0.15) is 0 Å². The third kappa shape index (κ3) is 3.40. The van der Waals surface area contributed by atoms with E-state index in [1.807, 2.05) is 44.2 Å². The number of rotatable bonds is 4. The van der Waals surface area contributed by atoms with Crippen molar-refractivity contribution < 1.29 is 9.47 Å². The number of ether oxygens (including phenoxy) is 2. The first kappa shape index (κ1) is 11.8. The summed E-state index contributed by atoms with van der Waals surface area (Å²) in [5.74, 6) is 0.808. The Labute approximate surface area is 91.5 Å². The van der Waals surface area contributed by atoms with Gasteiger partial charge in [0.05, 0.1) is 0 Å². The molecular weight excluding hydrogens is 188 g/mol. The third-order valence-corrected chi connectivity index (χ3v) is 2.23. The second kappa shape index (κ2) is 5.56. The lowest BCUT2D eigenvalue weighted by atomic mass is 10.1. The van der Waals surface area contributed by atoms with Crippen molar-refractivity contribution in [2.24, 2.45) is 0 Å². The Morgan fingerprint density at radius 2 is 2.20 bits per heavy atom. The summed E-state index contributed by atoms with van der Waals surface area (Å²) in [5, 5.41) is 0. The van der Waals surface area contributed by atoms with Crippen LogP contribution in [0.2, 0.25) is 0 Å². The maximum atomic E-state index is 5.53. The summed E-state index contributed by atoms with van der Waals surface area (Å²) in [6, 6.07) is 7.88. The Morgan fingerprint density at radius 1 is 1.47 bits per heavy atom. The lowest BCUT2D eigenvalue weighted by Crippen LogP contribution is -2.13. The Bertz CT molecular complexity index is 342. The zero-order valence-corrected chi connectivity index (χ0v) is 9.49. The summed E-state index contributed by atoms with van der Waals surface area (Å²) >= 11 is 0. The number of hydrogen-bond donors (Lipinski definition) is 0. The highest BCUT2D eigenvalue weighted by atomic mass is 16.7. The van der Waals surface area contributed by atoms with Gasteiger partial charge in [-0.25, -0.2) is 0 Å². The molecule has 1 rings (SSSR count). The predicted octanol–water partition coefficient (Wildman–Crippen LogP) is 3.30. The fourth-order valence-corrected chi connectivity index (χ4v) is 1.17. The highest BCUT2D eigenvalue weighted by Gasteiger charge is 2.02. The van der Waals surface area contributed by atoms with Crippen LogP contribution in [0.1, 0.15) is 19.4 Å². The van der Waals surface area contributed by atoms with Gasteiger partial charge in [0.15, 0.2) is 6.29 Å². The molecule has 0 aliphatic rings. The SMILES string of the molecule is [CH2]/C=C(/C)c1cccc(OC(C)OC)c1. The molecule has 15 heavy (non-hydrogen) atoms. The van der Waals surface area contributed by atoms with E-state index in [0.29, 0.717) is 0 Å². The van der Waals surface area contributed by atoms with Crippen LogP contribution in [0.3, 0.4) is 0 Å². The van der Waals surface area contributed by atoms with Crippen LogP contribution in [0.25, 0.3) is 5.57 Å². The quantitative estimate of drug-likeness (QED) is 0.702. The number of allylic oxidation sites excluding steroid dienone is 2. The average molecular weight is 205 g/mol. The molecule has 1 radical (unpaired) electrons. The van der Waals surface area contributed by atoms with Gasteiger partial charge in [-0.3, -0.25) is 0 Å². The van der Waals surface area contributed by atoms with Crippen LogP contribution < -0.4 is 4.74 Å². The molecule has 0 saturated carbocycles. The molecule has 0 aromatic heterocycles. The summed E-state index contributed by atoms with van der Waals surface area (Å²) in [4.78, 5) is 0. The normalized spacial score (nSPS) is 13.7. The molecule has 0 bridgehead atoms. The van der Waals surface area contributed by atoms with E-state index >= 15 is 0 Å². The van der Waals surface area contributed by atoms with E-state index in [0.717, 1.165) is 16.9 Å². The van der Waals surface area contributed by atoms with E-state index in [1.54, 1.807) is 7.11 Å². The zero-order chi connectivity index (χ0) is 11.3. The Kier molecular flexibility index (Phi) is 4.37. The van der Waals surface area contributed by atoms with Crippen molar-refractivity contribution in [1.29, 1.82) is 0 Å². The summed E-state index contributed by atoms with van der Waals surface area (Å²) in [5.41, 5.74) is 2.25. The smallest absolute Gasteiger partial charge is 0.196 e. The largest absolute Gasteiger partial charge is 0.465 e. The van der Waals surface area contributed by atoms with Gasteiger partial charge < -0.3 is 9.47 Å². The molecule has 1 unspecified atom stereocenters. The van der Waals surface area contributed by atoms with E-state index in [9.17, 15) is 0 Å². The van der Waals surface area contributed by atoms with Crippen molar-refractivity contribution in [2.45, 2.75) is 20.1 Å². The monoisotopic (exact) mass is 205 g/mol.